The molecule has 17 heavy (non-hydrogen) atoms. The maximum Gasteiger partial charge on any atom is 0.251 e. The third-order valence-corrected chi connectivity index (χ3v) is 3.82. The quantitative estimate of drug-likeness (QED) is 0.800. The summed E-state index contributed by atoms with van der Waals surface area (Å²) >= 11 is 0. The molecule has 1 unspecified atom stereocenters. The van der Waals surface area contributed by atoms with E-state index in [1.807, 2.05) is 11.9 Å². The van der Waals surface area contributed by atoms with Gasteiger partial charge in [0.05, 0.1) is 0 Å². The molecule has 2 aliphatic rings. The molecule has 1 amide bonds. The third kappa shape index (κ3) is 3.68. The van der Waals surface area contributed by atoms with Crippen LogP contribution in [0.2, 0.25) is 0 Å². The maximum absolute atomic E-state index is 12.2. The molecule has 0 aliphatic carbocycles. The van der Waals surface area contributed by atoms with E-state index in [0.717, 1.165) is 45.5 Å². The van der Waals surface area contributed by atoms with Crippen molar-refractivity contribution in [2.45, 2.75) is 38.2 Å². The lowest BCUT2D eigenvalue weighted by Crippen LogP contribution is -2.43. The molecule has 0 aromatic heterocycles. The summed E-state index contributed by atoms with van der Waals surface area (Å²) in [6.45, 7) is 3.82. The first kappa shape index (κ1) is 12.8. The SMILES string of the molecule is CN(CC1CCNCC1)C(=O)C1CCCCO1. The van der Waals surface area contributed by atoms with Crippen molar-refractivity contribution in [3.63, 3.8) is 0 Å². The van der Waals surface area contributed by atoms with Crippen molar-refractivity contribution in [3.8, 4) is 0 Å². The molecule has 1 atom stereocenters. The zero-order valence-corrected chi connectivity index (χ0v) is 10.8. The molecule has 0 aromatic carbocycles. The highest BCUT2D eigenvalue weighted by atomic mass is 16.5. The molecule has 0 bridgehead atoms. The zero-order chi connectivity index (χ0) is 12.1. The Balaban J connectivity index is 1.77. The average Bonchev–Trinajstić information content (AvgIpc) is 2.40. The van der Waals surface area contributed by atoms with E-state index in [9.17, 15) is 4.79 Å². The fourth-order valence-electron chi connectivity index (χ4n) is 2.72. The fraction of sp³-hybridized carbons (Fsp3) is 0.923. The smallest absolute Gasteiger partial charge is 0.251 e. The van der Waals surface area contributed by atoms with Crippen molar-refractivity contribution >= 4 is 5.91 Å². The Bertz CT molecular complexity index is 246. The van der Waals surface area contributed by atoms with Gasteiger partial charge in [-0.3, -0.25) is 4.79 Å². The third-order valence-electron chi connectivity index (χ3n) is 3.82. The van der Waals surface area contributed by atoms with E-state index >= 15 is 0 Å². The van der Waals surface area contributed by atoms with E-state index in [1.165, 1.54) is 12.8 Å². The van der Waals surface area contributed by atoms with Gasteiger partial charge < -0.3 is 15.0 Å². The largest absolute Gasteiger partial charge is 0.368 e. The number of ether oxygens (including phenoxy) is 1. The second-order valence-corrected chi connectivity index (χ2v) is 5.27. The van der Waals surface area contributed by atoms with Crippen molar-refractivity contribution in [2.75, 3.05) is 33.3 Å². The molecule has 1 N–H and O–H groups in total. The summed E-state index contributed by atoms with van der Waals surface area (Å²) in [7, 11) is 1.92. The number of hydrogen-bond donors (Lipinski definition) is 1. The number of carbonyl (C=O) groups excluding carboxylic acids is 1. The van der Waals surface area contributed by atoms with Crippen LogP contribution in [0.1, 0.15) is 32.1 Å². The lowest BCUT2D eigenvalue weighted by atomic mass is 9.97. The zero-order valence-electron chi connectivity index (χ0n) is 10.8. The van der Waals surface area contributed by atoms with E-state index < -0.39 is 0 Å². The highest BCUT2D eigenvalue weighted by Gasteiger charge is 2.26. The van der Waals surface area contributed by atoms with Crippen molar-refractivity contribution in [1.82, 2.24) is 10.2 Å². The summed E-state index contributed by atoms with van der Waals surface area (Å²) in [5, 5.41) is 3.35. The van der Waals surface area contributed by atoms with Crippen molar-refractivity contribution < 1.29 is 9.53 Å². The summed E-state index contributed by atoms with van der Waals surface area (Å²) in [5.41, 5.74) is 0. The maximum atomic E-state index is 12.2. The van der Waals surface area contributed by atoms with E-state index in [2.05, 4.69) is 5.32 Å². The lowest BCUT2D eigenvalue weighted by molar-refractivity contribution is -0.145. The first-order valence-corrected chi connectivity index (χ1v) is 6.84. The monoisotopic (exact) mass is 240 g/mol. The van der Waals surface area contributed by atoms with Gasteiger partial charge in [-0.15, -0.1) is 0 Å². The van der Waals surface area contributed by atoms with E-state index in [-0.39, 0.29) is 12.0 Å². The summed E-state index contributed by atoms with van der Waals surface area (Å²) < 4.78 is 5.55. The Hall–Kier alpha value is -0.610. The number of nitrogens with zero attached hydrogens (tertiary/aromatic N) is 1. The van der Waals surface area contributed by atoms with Crippen molar-refractivity contribution in [2.24, 2.45) is 5.92 Å². The minimum atomic E-state index is -0.171. The number of nitrogens with one attached hydrogen (secondary N) is 1. The average molecular weight is 240 g/mol. The molecule has 0 spiro atoms. The molecule has 2 rings (SSSR count). The molecular weight excluding hydrogens is 216 g/mol. The van der Waals surface area contributed by atoms with Crippen LogP contribution < -0.4 is 5.32 Å². The number of likely N-dealkylation sites (N-methyl/N-ethyl adjacent to an activating group) is 1. The minimum Gasteiger partial charge on any atom is -0.368 e. The Morgan fingerprint density at radius 2 is 2.06 bits per heavy atom. The van der Waals surface area contributed by atoms with Gasteiger partial charge in [0.25, 0.3) is 5.91 Å². The molecule has 2 fully saturated rings. The van der Waals surface area contributed by atoms with Crippen LogP contribution in [-0.4, -0.2) is 50.2 Å². The van der Waals surface area contributed by atoms with Crippen LogP contribution in [0.5, 0.6) is 0 Å². The van der Waals surface area contributed by atoms with Crippen LogP contribution in [0.25, 0.3) is 0 Å². The highest BCUT2D eigenvalue weighted by molar-refractivity contribution is 5.80. The standard InChI is InChI=1S/C13H24N2O2/c1-15(10-11-5-7-14-8-6-11)13(16)12-4-2-3-9-17-12/h11-12,14H,2-10H2,1H3. The Morgan fingerprint density at radius 3 is 2.71 bits per heavy atom. The van der Waals surface area contributed by atoms with Gasteiger partial charge in [-0.2, -0.15) is 0 Å². The predicted molar refractivity (Wildman–Crippen MR) is 66.8 cm³/mol. The second-order valence-electron chi connectivity index (χ2n) is 5.27. The number of rotatable bonds is 3. The van der Waals surface area contributed by atoms with Crippen LogP contribution >= 0.6 is 0 Å². The normalized spacial score (nSPS) is 26.8. The van der Waals surface area contributed by atoms with Crippen LogP contribution in [0, 0.1) is 5.92 Å². The molecule has 0 aromatic rings. The molecule has 4 heteroatoms. The summed E-state index contributed by atoms with van der Waals surface area (Å²) in [5.74, 6) is 0.844. The van der Waals surface area contributed by atoms with Crippen LogP contribution in [0.4, 0.5) is 0 Å². The second kappa shape index (κ2) is 6.36. The van der Waals surface area contributed by atoms with Crippen LogP contribution in [0.3, 0.4) is 0 Å². The summed E-state index contributed by atoms with van der Waals surface area (Å²) in [4.78, 5) is 14.0. The summed E-state index contributed by atoms with van der Waals surface area (Å²) in [6, 6.07) is 0. The number of piperidine rings is 1. The number of carbonyl (C=O) groups is 1. The van der Waals surface area contributed by atoms with E-state index in [0.29, 0.717) is 5.92 Å². The number of hydrogen-bond acceptors (Lipinski definition) is 3. The lowest BCUT2D eigenvalue weighted by Gasteiger charge is -2.31. The highest BCUT2D eigenvalue weighted by Crippen LogP contribution is 2.17. The predicted octanol–water partition coefficient (Wildman–Crippen LogP) is 1.01. The number of amides is 1. The summed E-state index contributed by atoms with van der Waals surface area (Å²) in [6.07, 6.45) is 5.32. The molecule has 98 valence electrons. The fourth-order valence-corrected chi connectivity index (χ4v) is 2.72. The Labute approximate surface area is 104 Å². The van der Waals surface area contributed by atoms with Gasteiger partial charge in [0.15, 0.2) is 0 Å². The van der Waals surface area contributed by atoms with Gasteiger partial charge in [-0.25, -0.2) is 0 Å². The molecule has 2 heterocycles. The van der Waals surface area contributed by atoms with Gasteiger partial charge in [-0.05, 0) is 51.1 Å². The Morgan fingerprint density at radius 1 is 1.29 bits per heavy atom. The molecule has 4 nitrogen and oxygen atoms in total. The van der Waals surface area contributed by atoms with Gasteiger partial charge in [0.1, 0.15) is 6.10 Å². The van der Waals surface area contributed by atoms with Crippen molar-refractivity contribution in [3.05, 3.63) is 0 Å². The van der Waals surface area contributed by atoms with E-state index in [1.54, 1.807) is 0 Å². The van der Waals surface area contributed by atoms with Crippen LogP contribution in [0.15, 0.2) is 0 Å². The minimum absolute atomic E-state index is 0.171. The van der Waals surface area contributed by atoms with Gasteiger partial charge in [0, 0.05) is 20.2 Å². The molecule has 0 saturated carbocycles. The first-order valence-electron chi connectivity index (χ1n) is 6.84. The van der Waals surface area contributed by atoms with Gasteiger partial charge >= 0.3 is 0 Å². The van der Waals surface area contributed by atoms with Crippen molar-refractivity contribution in [1.29, 1.82) is 0 Å². The van der Waals surface area contributed by atoms with Gasteiger partial charge in [0.2, 0.25) is 0 Å². The molecule has 2 aliphatic heterocycles. The topological polar surface area (TPSA) is 41.6 Å². The molecule has 0 radical (unpaired) electrons. The molecular formula is C13H24N2O2. The molecule has 2 saturated heterocycles. The van der Waals surface area contributed by atoms with Gasteiger partial charge in [-0.1, -0.05) is 0 Å². The first-order chi connectivity index (χ1) is 8.27. The van der Waals surface area contributed by atoms with Crippen LogP contribution in [-0.2, 0) is 9.53 Å². The Kier molecular flexibility index (Phi) is 4.80. The van der Waals surface area contributed by atoms with E-state index in [4.69, 9.17) is 4.74 Å².